The van der Waals surface area contributed by atoms with Gasteiger partial charge in [0.25, 0.3) is 5.92 Å². The van der Waals surface area contributed by atoms with Gasteiger partial charge in [-0.3, -0.25) is 0 Å². The molecular formula is C12H14F2O. The Kier molecular flexibility index (Phi) is 2.30. The van der Waals surface area contributed by atoms with Crippen LogP contribution in [0.3, 0.4) is 0 Å². The molecule has 0 bridgehead atoms. The van der Waals surface area contributed by atoms with Gasteiger partial charge in [-0.15, -0.1) is 0 Å². The van der Waals surface area contributed by atoms with Crippen LogP contribution in [-0.2, 0) is 10.7 Å². The van der Waals surface area contributed by atoms with E-state index in [4.69, 9.17) is 4.74 Å². The fourth-order valence-electron chi connectivity index (χ4n) is 2.01. The largest absolute Gasteiger partial charge is 0.364 e. The zero-order chi connectivity index (χ0) is 11.2. The van der Waals surface area contributed by atoms with Crippen molar-refractivity contribution in [1.29, 1.82) is 0 Å². The van der Waals surface area contributed by atoms with Crippen molar-refractivity contribution in [3.05, 3.63) is 34.9 Å². The van der Waals surface area contributed by atoms with Gasteiger partial charge >= 0.3 is 0 Å². The predicted octanol–water partition coefficient (Wildman–Crippen LogP) is 3.57. The maximum atomic E-state index is 13.8. The van der Waals surface area contributed by atoms with Crippen molar-refractivity contribution < 1.29 is 13.5 Å². The first-order valence-electron chi connectivity index (χ1n) is 5.07. The average molecular weight is 212 g/mol. The zero-order valence-corrected chi connectivity index (χ0v) is 9.05. The summed E-state index contributed by atoms with van der Waals surface area (Å²) in [7, 11) is 0. The third-order valence-electron chi connectivity index (χ3n) is 2.92. The van der Waals surface area contributed by atoms with Crippen LogP contribution < -0.4 is 0 Å². The molecule has 0 amide bonds. The molecule has 0 saturated heterocycles. The summed E-state index contributed by atoms with van der Waals surface area (Å²) < 4.78 is 32.8. The highest BCUT2D eigenvalue weighted by atomic mass is 19.3. The van der Waals surface area contributed by atoms with Crippen LogP contribution in [0.15, 0.2) is 18.2 Å². The van der Waals surface area contributed by atoms with E-state index >= 15 is 0 Å². The SMILES string of the molecule is Cc1ccc2c(c1)C(C)OC(C)C2(F)F. The minimum absolute atomic E-state index is 0.111. The summed E-state index contributed by atoms with van der Waals surface area (Å²) in [6.07, 6.45) is -1.31. The molecule has 82 valence electrons. The fourth-order valence-corrected chi connectivity index (χ4v) is 2.01. The van der Waals surface area contributed by atoms with E-state index in [1.54, 1.807) is 12.1 Å². The molecule has 1 heterocycles. The Morgan fingerprint density at radius 2 is 1.93 bits per heavy atom. The van der Waals surface area contributed by atoms with Crippen molar-refractivity contribution in [2.24, 2.45) is 0 Å². The summed E-state index contributed by atoms with van der Waals surface area (Å²) in [5.74, 6) is -2.88. The maximum Gasteiger partial charge on any atom is 0.298 e. The van der Waals surface area contributed by atoms with Gasteiger partial charge in [-0.05, 0) is 26.3 Å². The molecule has 1 aliphatic rings. The Hall–Kier alpha value is -0.960. The predicted molar refractivity (Wildman–Crippen MR) is 54.0 cm³/mol. The van der Waals surface area contributed by atoms with Gasteiger partial charge in [0.05, 0.1) is 6.10 Å². The van der Waals surface area contributed by atoms with E-state index in [1.165, 1.54) is 13.0 Å². The van der Waals surface area contributed by atoms with E-state index < -0.39 is 12.0 Å². The lowest BCUT2D eigenvalue weighted by Gasteiger charge is -2.35. The van der Waals surface area contributed by atoms with Crippen LogP contribution >= 0.6 is 0 Å². The van der Waals surface area contributed by atoms with Crippen molar-refractivity contribution in [3.8, 4) is 0 Å². The number of benzene rings is 1. The Morgan fingerprint density at radius 1 is 1.27 bits per heavy atom. The van der Waals surface area contributed by atoms with Crippen LogP contribution in [0, 0.1) is 6.92 Å². The quantitative estimate of drug-likeness (QED) is 0.638. The summed E-state index contributed by atoms with van der Waals surface area (Å²) in [4.78, 5) is 0. The average Bonchev–Trinajstić information content (AvgIpc) is 2.15. The van der Waals surface area contributed by atoms with E-state index in [1.807, 2.05) is 13.8 Å². The van der Waals surface area contributed by atoms with Gasteiger partial charge in [0.1, 0.15) is 6.10 Å². The van der Waals surface area contributed by atoms with Crippen LogP contribution in [0.2, 0.25) is 0 Å². The zero-order valence-electron chi connectivity index (χ0n) is 9.05. The van der Waals surface area contributed by atoms with E-state index in [0.717, 1.165) is 5.56 Å². The van der Waals surface area contributed by atoms with E-state index in [0.29, 0.717) is 5.56 Å². The molecule has 0 saturated carbocycles. The number of ether oxygens (including phenoxy) is 1. The summed E-state index contributed by atoms with van der Waals surface area (Å²) in [5, 5.41) is 0. The molecule has 0 fully saturated rings. The smallest absolute Gasteiger partial charge is 0.298 e. The van der Waals surface area contributed by atoms with E-state index in [9.17, 15) is 8.78 Å². The maximum absolute atomic E-state index is 13.8. The monoisotopic (exact) mass is 212 g/mol. The van der Waals surface area contributed by atoms with Crippen molar-refractivity contribution in [1.82, 2.24) is 0 Å². The molecule has 1 aromatic carbocycles. The van der Waals surface area contributed by atoms with Gasteiger partial charge in [-0.2, -0.15) is 8.78 Å². The molecular weight excluding hydrogens is 198 g/mol. The van der Waals surface area contributed by atoms with Crippen LogP contribution in [0.5, 0.6) is 0 Å². The van der Waals surface area contributed by atoms with Crippen molar-refractivity contribution in [3.63, 3.8) is 0 Å². The molecule has 0 aromatic heterocycles. The topological polar surface area (TPSA) is 9.23 Å². The Labute approximate surface area is 88.1 Å². The highest BCUT2D eigenvalue weighted by molar-refractivity contribution is 5.38. The lowest BCUT2D eigenvalue weighted by molar-refractivity contribution is -0.172. The van der Waals surface area contributed by atoms with Gasteiger partial charge < -0.3 is 4.74 Å². The standard InChI is InChI=1S/C12H14F2O/c1-7-4-5-11-10(6-7)8(2)15-9(3)12(11,13)14/h4-6,8-9H,1-3H3. The first kappa shape index (κ1) is 10.6. The summed E-state index contributed by atoms with van der Waals surface area (Å²) in [6, 6.07) is 5.01. The fraction of sp³-hybridized carbons (Fsp3) is 0.500. The summed E-state index contributed by atoms with van der Waals surface area (Å²) in [5.41, 5.74) is 1.70. The summed E-state index contributed by atoms with van der Waals surface area (Å²) >= 11 is 0. The molecule has 2 unspecified atom stereocenters. The Bertz CT molecular complexity index is 387. The highest BCUT2D eigenvalue weighted by Gasteiger charge is 2.46. The van der Waals surface area contributed by atoms with Crippen LogP contribution in [-0.4, -0.2) is 6.10 Å². The number of rotatable bonds is 0. The normalized spacial score (nSPS) is 28.6. The van der Waals surface area contributed by atoms with Crippen LogP contribution in [0.1, 0.15) is 36.6 Å². The number of hydrogen-bond donors (Lipinski definition) is 0. The second-order valence-corrected chi connectivity index (χ2v) is 4.13. The number of alkyl halides is 2. The van der Waals surface area contributed by atoms with E-state index in [-0.39, 0.29) is 11.7 Å². The molecule has 1 nitrogen and oxygen atoms in total. The minimum atomic E-state index is -2.88. The molecule has 1 aliphatic heterocycles. The molecule has 2 rings (SSSR count). The molecule has 1 aromatic rings. The Morgan fingerprint density at radius 3 is 2.60 bits per heavy atom. The van der Waals surface area contributed by atoms with E-state index in [2.05, 4.69) is 0 Å². The second kappa shape index (κ2) is 3.27. The molecule has 0 spiro atoms. The van der Waals surface area contributed by atoms with Gasteiger partial charge in [-0.1, -0.05) is 23.8 Å². The molecule has 3 heteroatoms. The molecule has 0 aliphatic carbocycles. The van der Waals surface area contributed by atoms with Gasteiger partial charge in [-0.25, -0.2) is 0 Å². The molecule has 2 atom stereocenters. The third kappa shape index (κ3) is 1.55. The molecule has 0 radical (unpaired) electrons. The number of hydrogen-bond acceptors (Lipinski definition) is 1. The highest BCUT2D eigenvalue weighted by Crippen LogP contribution is 2.44. The van der Waals surface area contributed by atoms with Crippen molar-refractivity contribution in [2.45, 2.75) is 38.9 Å². The first-order valence-corrected chi connectivity index (χ1v) is 5.07. The second-order valence-electron chi connectivity index (χ2n) is 4.13. The van der Waals surface area contributed by atoms with Crippen molar-refractivity contribution >= 4 is 0 Å². The Balaban J connectivity index is 2.59. The minimum Gasteiger partial charge on any atom is -0.364 e. The van der Waals surface area contributed by atoms with Gasteiger partial charge in [0, 0.05) is 5.56 Å². The number of aryl methyl sites for hydroxylation is 1. The van der Waals surface area contributed by atoms with Gasteiger partial charge in [0.2, 0.25) is 0 Å². The molecule has 0 N–H and O–H groups in total. The van der Waals surface area contributed by atoms with Crippen LogP contribution in [0.25, 0.3) is 0 Å². The lowest BCUT2D eigenvalue weighted by atomic mass is 9.91. The first-order chi connectivity index (χ1) is 6.93. The summed E-state index contributed by atoms with van der Waals surface area (Å²) in [6.45, 7) is 5.12. The van der Waals surface area contributed by atoms with Crippen molar-refractivity contribution in [2.75, 3.05) is 0 Å². The third-order valence-corrected chi connectivity index (χ3v) is 2.92. The molecule has 15 heavy (non-hydrogen) atoms. The lowest BCUT2D eigenvalue weighted by Crippen LogP contribution is -2.37. The van der Waals surface area contributed by atoms with Gasteiger partial charge in [0.15, 0.2) is 0 Å². The number of fused-ring (bicyclic) bond motifs is 1. The van der Waals surface area contributed by atoms with Crippen LogP contribution in [0.4, 0.5) is 8.78 Å². The number of halogens is 2.